The summed E-state index contributed by atoms with van der Waals surface area (Å²) in [5.41, 5.74) is 5.76. The van der Waals surface area contributed by atoms with E-state index in [1.54, 1.807) is 6.20 Å². The van der Waals surface area contributed by atoms with Crippen molar-refractivity contribution in [3.8, 4) is 0 Å². The van der Waals surface area contributed by atoms with Crippen LogP contribution in [0.1, 0.15) is 15.4 Å². The third-order valence-electron chi connectivity index (χ3n) is 4.70. The maximum atomic E-state index is 12.6. The molecule has 3 aromatic heterocycles. The van der Waals surface area contributed by atoms with Crippen molar-refractivity contribution in [2.75, 3.05) is 10.6 Å². The third-order valence-corrected chi connectivity index (χ3v) is 5.86. The Morgan fingerprint density at radius 3 is 2.72 bits per heavy atom. The standard InChI is InChI=1S/C23H18N4OS/c1-14-11-15-12-17(7-8-18(15)25-14)26-19-9-10-24-20-13-21(29-22(19)20)23(28)27-16-5-3-2-4-6-16/h2-13,25H,1H3,(H,24,26)(H,27,28). The molecule has 5 aromatic rings. The smallest absolute Gasteiger partial charge is 0.265 e. The molecule has 3 N–H and O–H groups in total. The molecule has 0 fully saturated rings. The molecule has 0 aliphatic heterocycles. The highest BCUT2D eigenvalue weighted by Crippen LogP contribution is 2.33. The van der Waals surface area contributed by atoms with Gasteiger partial charge in [-0.1, -0.05) is 18.2 Å². The Bertz CT molecular complexity index is 1340. The summed E-state index contributed by atoms with van der Waals surface area (Å²) in [7, 11) is 0. The molecule has 0 saturated heterocycles. The van der Waals surface area contributed by atoms with Gasteiger partial charge in [-0.2, -0.15) is 0 Å². The van der Waals surface area contributed by atoms with Crippen molar-refractivity contribution in [2.45, 2.75) is 6.92 Å². The fraction of sp³-hybridized carbons (Fsp3) is 0.0435. The number of hydrogen-bond donors (Lipinski definition) is 3. The molecular weight excluding hydrogens is 380 g/mol. The Hall–Kier alpha value is -3.64. The summed E-state index contributed by atoms with van der Waals surface area (Å²) in [6.45, 7) is 2.05. The SMILES string of the molecule is Cc1cc2cc(Nc3ccnc4cc(C(=O)Nc5ccccc5)sc34)ccc2[nH]1. The third kappa shape index (κ3) is 3.46. The van der Waals surface area contributed by atoms with Crippen LogP contribution in [0.3, 0.4) is 0 Å². The van der Waals surface area contributed by atoms with E-state index in [0.29, 0.717) is 4.88 Å². The molecule has 5 nitrogen and oxygen atoms in total. The molecule has 29 heavy (non-hydrogen) atoms. The predicted octanol–water partition coefficient (Wildman–Crippen LogP) is 6.08. The highest BCUT2D eigenvalue weighted by molar-refractivity contribution is 7.21. The second-order valence-electron chi connectivity index (χ2n) is 6.88. The van der Waals surface area contributed by atoms with Crippen LogP contribution < -0.4 is 10.6 Å². The molecule has 2 aromatic carbocycles. The molecule has 5 rings (SSSR count). The number of carbonyl (C=O) groups is 1. The number of aromatic nitrogens is 2. The van der Waals surface area contributed by atoms with Crippen molar-refractivity contribution in [2.24, 2.45) is 0 Å². The monoisotopic (exact) mass is 398 g/mol. The minimum atomic E-state index is -0.130. The van der Waals surface area contributed by atoms with Gasteiger partial charge in [-0.05, 0) is 55.5 Å². The zero-order valence-corrected chi connectivity index (χ0v) is 16.5. The van der Waals surface area contributed by atoms with E-state index in [2.05, 4.69) is 38.8 Å². The van der Waals surface area contributed by atoms with Crippen LogP contribution in [-0.2, 0) is 0 Å². The molecule has 0 aliphatic carbocycles. The first-order valence-electron chi connectivity index (χ1n) is 9.27. The first kappa shape index (κ1) is 17.5. The zero-order chi connectivity index (χ0) is 19.8. The van der Waals surface area contributed by atoms with Crippen LogP contribution in [0.4, 0.5) is 17.1 Å². The first-order valence-corrected chi connectivity index (χ1v) is 10.1. The van der Waals surface area contributed by atoms with Crippen LogP contribution in [0.25, 0.3) is 21.1 Å². The summed E-state index contributed by atoms with van der Waals surface area (Å²) >= 11 is 1.44. The lowest BCUT2D eigenvalue weighted by atomic mass is 10.2. The van der Waals surface area contributed by atoms with Crippen LogP contribution in [0.5, 0.6) is 0 Å². The van der Waals surface area contributed by atoms with Gasteiger partial charge in [0, 0.05) is 34.2 Å². The van der Waals surface area contributed by atoms with Gasteiger partial charge in [0.2, 0.25) is 0 Å². The fourth-order valence-electron chi connectivity index (χ4n) is 3.37. The van der Waals surface area contributed by atoms with Gasteiger partial charge in [-0.3, -0.25) is 9.78 Å². The molecule has 0 radical (unpaired) electrons. The lowest BCUT2D eigenvalue weighted by Crippen LogP contribution is -2.09. The van der Waals surface area contributed by atoms with Crippen molar-refractivity contribution in [3.05, 3.63) is 83.5 Å². The summed E-state index contributed by atoms with van der Waals surface area (Å²) < 4.78 is 0.955. The van der Waals surface area contributed by atoms with Crippen molar-refractivity contribution in [1.29, 1.82) is 0 Å². The Labute approximate surface area is 171 Å². The number of aromatic amines is 1. The number of H-pyrrole nitrogens is 1. The number of nitrogens with one attached hydrogen (secondary N) is 3. The van der Waals surface area contributed by atoms with Gasteiger partial charge < -0.3 is 15.6 Å². The topological polar surface area (TPSA) is 69.8 Å². The van der Waals surface area contributed by atoms with Gasteiger partial charge in [0.25, 0.3) is 5.91 Å². The Balaban J connectivity index is 1.45. The molecule has 3 heterocycles. The van der Waals surface area contributed by atoms with Crippen molar-refractivity contribution in [3.63, 3.8) is 0 Å². The van der Waals surface area contributed by atoms with Gasteiger partial charge in [0.05, 0.1) is 20.8 Å². The fourth-order valence-corrected chi connectivity index (χ4v) is 4.35. The van der Waals surface area contributed by atoms with Crippen LogP contribution in [0.2, 0.25) is 0 Å². The number of amides is 1. The molecule has 0 saturated carbocycles. The molecule has 0 aliphatic rings. The molecule has 0 atom stereocenters. The lowest BCUT2D eigenvalue weighted by Gasteiger charge is -2.07. The minimum Gasteiger partial charge on any atom is -0.359 e. The summed E-state index contributed by atoms with van der Waals surface area (Å²) in [6.07, 6.45) is 1.76. The zero-order valence-electron chi connectivity index (χ0n) is 15.7. The predicted molar refractivity (Wildman–Crippen MR) is 120 cm³/mol. The number of thiophene rings is 1. The number of nitrogens with zero attached hydrogens (tertiary/aromatic N) is 1. The summed E-state index contributed by atoms with van der Waals surface area (Å²) in [6, 6.07) is 21.6. The Morgan fingerprint density at radius 2 is 1.86 bits per heavy atom. The number of hydrogen-bond acceptors (Lipinski definition) is 4. The van der Waals surface area contributed by atoms with E-state index in [9.17, 15) is 4.79 Å². The first-order chi connectivity index (χ1) is 14.2. The molecule has 1 amide bonds. The molecule has 0 spiro atoms. The number of para-hydroxylation sites is 1. The largest absolute Gasteiger partial charge is 0.359 e. The maximum absolute atomic E-state index is 12.6. The molecule has 6 heteroatoms. The molecule has 142 valence electrons. The van der Waals surface area contributed by atoms with Crippen LogP contribution in [0.15, 0.2) is 72.9 Å². The number of anilines is 3. The average molecular weight is 398 g/mol. The quantitative estimate of drug-likeness (QED) is 0.343. The van der Waals surface area contributed by atoms with Gasteiger partial charge in [-0.25, -0.2) is 0 Å². The summed E-state index contributed by atoms with van der Waals surface area (Å²) in [4.78, 5) is 21.0. The number of fused-ring (bicyclic) bond motifs is 2. The van der Waals surface area contributed by atoms with Gasteiger partial charge >= 0.3 is 0 Å². The highest BCUT2D eigenvalue weighted by Gasteiger charge is 2.14. The molecule has 0 bridgehead atoms. The van der Waals surface area contributed by atoms with E-state index in [0.717, 1.165) is 43.9 Å². The average Bonchev–Trinajstić information content (AvgIpc) is 3.32. The van der Waals surface area contributed by atoms with E-state index in [1.807, 2.05) is 55.5 Å². The van der Waals surface area contributed by atoms with E-state index < -0.39 is 0 Å². The van der Waals surface area contributed by atoms with Crippen molar-refractivity contribution < 1.29 is 4.79 Å². The number of rotatable bonds is 4. The number of benzene rings is 2. The Kier molecular flexibility index (Phi) is 4.26. The number of pyridine rings is 1. The summed E-state index contributed by atoms with van der Waals surface area (Å²) in [5, 5.41) is 7.56. The van der Waals surface area contributed by atoms with E-state index in [1.165, 1.54) is 11.3 Å². The maximum Gasteiger partial charge on any atom is 0.265 e. The number of carbonyl (C=O) groups excluding carboxylic acids is 1. The second-order valence-corrected chi connectivity index (χ2v) is 7.94. The number of aryl methyl sites for hydroxylation is 1. The summed E-state index contributed by atoms with van der Waals surface area (Å²) in [5.74, 6) is -0.130. The molecule has 0 unspecified atom stereocenters. The lowest BCUT2D eigenvalue weighted by molar-refractivity contribution is 0.103. The van der Waals surface area contributed by atoms with Crippen LogP contribution in [0, 0.1) is 6.92 Å². The Morgan fingerprint density at radius 1 is 1.00 bits per heavy atom. The van der Waals surface area contributed by atoms with E-state index in [-0.39, 0.29) is 5.91 Å². The van der Waals surface area contributed by atoms with Crippen molar-refractivity contribution >= 4 is 55.4 Å². The minimum absolute atomic E-state index is 0.130. The highest BCUT2D eigenvalue weighted by atomic mass is 32.1. The van der Waals surface area contributed by atoms with E-state index >= 15 is 0 Å². The van der Waals surface area contributed by atoms with Gasteiger partial charge in [0.15, 0.2) is 0 Å². The van der Waals surface area contributed by atoms with Gasteiger partial charge in [-0.15, -0.1) is 11.3 Å². The van der Waals surface area contributed by atoms with Crippen LogP contribution >= 0.6 is 11.3 Å². The van der Waals surface area contributed by atoms with E-state index in [4.69, 9.17) is 0 Å². The van der Waals surface area contributed by atoms with Crippen LogP contribution in [-0.4, -0.2) is 15.9 Å². The van der Waals surface area contributed by atoms with Gasteiger partial charge in [0.1, 0.15) is 0 Å². The molecular formula is C23H18N4OS. The normalized spacial score (nSPS) is 11.1. The second kappa shape index (κ2) is 7.07. The van der Waals surface area contributed by atoms with Crippen molar-refractivity contribution in [1.82, 2.24) is 9.97 Å².